The zero-order chi connectivity index (χ0) is 21.1. The standard InChI is InChI=1S/C25H32O3Si/c1-19-22(17-18-26)23(27)15-16-24(19)28-29(25(2,3)4,20-11-7-5-8-12-20)21-13-9-6-10-14-21/h5-16,18-19,22-24,27H,17H2,1-4H3. The number of aldehydes is 1. The first kappa shape index (κ1) is 21.7. The second-order valence-electron chi connectivity index (χ2n) is 9.05. The van der Waals surface area contributed by atoms with Crippen LogP contribution in [0, 0.1) is 11.8 Å². The zero-order valence-electron chi connectivity index (χ0n) is 17.8. The lowest BCUT2D eigenvalue weighted by atomic mass is 9.79. The van der Waals surface area contributed by atoms with Crippen molar-refractivity contribution in [2.24, 2.45) is 11.8 Å². The number of benzene rings is 2. The number of rotatable bonds is 6. The van der Waals surface area contributed by atoms with Crippen LogP contribution in [-0.4, -0.2) is 31.9 Å². The van der Waals surface area contributed by atoms with Crippen molar-refractivity contribution in [2.45, 2.75) is 51.4 Å². The van der Waals surface area contributed by atoms with Gasteiger partial charge in [0.05, 0.1) is 12.2 Å². The number of aliphatic hydroxyl groups excluding tert-OH is 1. The van der Waals surface area contributed by atoms with Crippen LogP contribution in [0.4, 0.5) is 0 Å². The summed E-state index contributed by atoms with van der Waals surface area (Å²) in [5.74, 6) is -0.0810. The van der Waals surface area contributed by atoms with E-state index in [0.29, 0.717) is 6.42 Å². The van der Waals surface area contributed by atoms with Crippen LogP contribution < -0.4 is 10.4 Å². The van der Waals surface area contributed by atoms with E-state index in [1.165, 1.54) is 10.4 Å². The molecule has 0 aliphatic heterocycles. The van der Waals surface area contributed by atoms with Crippen LogP contribution >= 0.6 is 0 Å². The van der Waals surface area contributed by atoms with Crippen molar-refractivity contribution >= 4 is 25.0 Å². The second-order valence-corrected chi connectivity index (χ2v) is 13.3. The second kappa shape index (κ2) is 8.78. The lowest BCUT2D eigenvalue weighted by Crippen LogP contribution is -2.68. The summed E-state index contributed by atoms with van der Waals surface area (Å²) in [5.41, 5.74) is 0. The summed E-state index contributed by atoms with van der Waals surface area (Å²) < 4.78 is 7.18. The molecule has 1 aliphatic carbocycles. The molecule has 1 N–H and O–H groups in total. The molecule has 0 radical (unpaired) electrons. The number of carbonyl (C=O) groups excluding carboxylic acids is 1. The fourth-order valence-electron chi connectivity index (χ4n) is 4.60. The predicted octanol–water partition coefficient (Wildman–Crippen LogP) is 3.70. The summed E-state index contributed by atoms with van der Waals surface area (Å²) in [6, 6.07) is 21.1. The van der Waals surface area contributed by atoms with Gasteiger partial charge in [-0.25, -0.2) is 0 Å². The van der Waals surface area contributed by atoms with E-state index in [1.807, 2.05) is 18.2 Å². The summed E-state index contributed by atoms with van der Waals surface area (Å²) in [4.78, 5) is 11.2. The van der Waals surface area contributed by atoms with Gasteiger partial charge in [-0.15, -0.1) is 0 Å². The van der Waals surface area contributed by atoms with Gasteiger partial charge in [0.25, 0.3) is 8.32 Å². The molecule has 1 aliphatic rings. The van der Waals surface area contributed by atoms with E-state index in [0.717, 1.165) is 6.29 Å². The number of carbonyl (C=O) groups is 1. The predicted molar refractivity (Wildman–Crippen MR) is 121 cm³/mol. The minimum Gasteiger partial charge on any atom is -0.401 e. The Hall–Kier alpha value is -2.01. The van der Waals surface area contributed by atoms with E-state index >= 15 is 0 Å². The molecule has 0 aromatic heterocycles. The molecule has 0 spiro atoms. The topological polar surface area (TPSA) is 46.5 Å². The first-order chi connectivity index (χ1) is 13.8. The fraction of sp³-hybridized carbons (Fsp3) is 0.400. The molecule has 154 valence electrons. The molecule has 29 heavy (non-hydrogen) atoms. The quantitative estimate of drug-likeness (QED) is 0.450. The van der Waals surface area contributed by atoms with Crippen LogP contribution in [0.3, 0.4) is 0 Å². The van der Waals surface area contributed by atoms with Crippen LogP contribution in [0.15, 0.2) is 72.8 Å². The van der Waals surface area contributed by atoms with Crippen LogP contribution in [0.25, 0.3) is 0 Å². The maximum absolute atomic E-state index is 11.2. The van der Waals surface area contributed by atoms with Crippen molar-refractivity contribution in [3.63, 3.8) is 0 Å². The molecule has 0 amide bonds. The first-order valence-electron chi connectivity index (χ1n) is 10.4. The number of hydrogen-bond acceptors (Lipinski definition) is 3. The number of hydrogen-bond donors (Lipinski definition) is 1. The Kier molecular flexibility index (Phi) is 6.57. The molecular formula is C25H32O3Si. The third-order valence-corrected chi connectivity index (χ3v) is 11.3. The molecule has 2 aromatic rings. The van der Waals surface area contributed by atoms with Gasteiger partial charge in [-0.1, -0.05) is 101 Å². The average molecular weight is 409 g/mol. The Bertz CT molecular complexity index is 787. The van der Waals surface area contributed by atoms with Gasteiger partial charge in [0.15, 0.2) is 0 Å². The fourth-order valence-corrected chi connectivity index (χ4v) is 9.32. The Morgan fingerprint density at radius 2 is 1.48 bits per heavy atom. The molecule has 3 nitrogen and oxygen atoms in total. The van der Waals surface area contributed by atoms with Crippen LogP contribution in [0.2, 0.25) is 5.04 Å². The normalized spacial score (nSPS) is 25.0. The molecule has 2 aromatic carbocycles. The third-order valence-electron chi connectivity index (χ3n) is 6.23. The number of aliphatic hydroxyl groups is 1. The summed E-state index contributed by atoms with van der Waals surface area (Å²) in [7, 11) is -2.67. The SMILES string of the molecule is CC1C(O[Si](c2ccccc2)(c2ccccc2)C(C)(C)C)C=CC(O)C1CC=O. The van der Waals surface area contributed by atoms with Gasteiger partial charge in [0, 0.05) is 12.3 Å². The Morgan fingerprint density at radius 3 is 1.93 bits per heavy atom. The lowest BCUT2D eigenvalue weighted by molar-refractivity contribution is -0.110. The summed E-state index contributed by atoms with van der Waals surface area (Å²) in [6.07, 6.45) is 4.28. The molecule has 4 heteroatoms. The van der Waals surface area contributed by atoms with Gasteiger partial charge in [-0.2, -0.15) is 0 Å². The van der Waals surface area contributed by atoms with Crippen molar-refractivity contribution in [3.05, 3.63) is 72.8 Å². The highest BCUT2D eigenvalue weighted by atomic mass is 28.4. The first-order valence-corrected chi connectivity index (χ1v) is 12.3. The molecule has 0 saturated heterocycles. The maximum atomic E-state index is 11.2. The van der Waals surface area contributed by atoms with Crippen LogP contribution in [-0.2, 0) is 9.22 Å². The van der Waals surface area contributed by atoms with Crippen molar-refractivity contribution < 1.29 is 14.3 Å². The highest BCUT2D eigenvalue weighted by molar-refractivity contribution is 6.99. The van der Waals surface area contributed by atoms with Gasteiger partial charge in [0.1, 0.15) is 6.29 Å². The van der Waals surface area contributed by atoms with Gasteiger partial charge in [-0.05, 0) is 21.3 Å². The van der Waals surface area contributed by atoms with E-state index in [1.54, 1.807) is 6.08 Å². The lowest BCUT2D eigenvalue weighted by Gasteiger charge is -2.47. The summed E-state index contributed by atoms with van der Waals surface area (Å²) in [5, 5.41) is 12.7. The summed E-state index contributed by atoms with van der Waals surface area (Å²) >= 11 is 0. The van der Waals surface area contributed by atoms with E-state index in [-0.39, 0.29) is 23.0 Å². The largest absolute Gasteiger partial charge is 0.401 e. The van der Waals surface area contributed by atoms with E-state index in [2.05, 4.69) is 76.2 Å². The minimum absolute atomic E-state index is 0.0434. The van der Waals surface area contributed by atoms with Gasteiger partial charge >= 0.3 is 0 Å². The van der Waals surface area contributed by atoms with Gasteiger partial charge < -0.3 is 14.3 Å². The molecule has 3 rings (SSSR count). The minimum atomic E-state index is -2.67. The van der Waals surface area contributed by atoms with Crippen LogP contribution in [0.1, 0.15) is 34.1 Å². The van der Waals surface area contributed by atoms with Crippen LogP contribution in [0.5, 0.6) is 0 Å². The molecule has 0 saturated carbocycles. The highest BCUT2D eigenvalue weighted by Crippen LogP contribution is 2.40. The van der Waals surface area contributed by atoms with E-state index < -0.39 is 14.4 Å². The Balaban J connectivity index is 2.14. The molecule has 0 bridgehead atoms. The van der Waals surface area contributed by atoms with Crippen molar-refractivity contribution in [3.8, 4) is 0 Å². The highest BCUT2D eigenvalue weighted by Gasteiger charge is 2.52. The van der Waals surface area contributed by atoms with Crippen molar-refractivity contribution in [2.75, 3.05) is 0 Å². The molecule has 0 heterocycles. The van der Waals surface area contributed by atoms with E-state index in [4.69, 9.17) is 4.43 Å². The van der Waals surface area contributed by atoms with Gasteiger partial charge in [0.2, 0.25) is 0 Å². The average Bonchev–Trinajstić information content (AvgIpc) is 2.71. The molecular weight excluding hydrogens is 376 g/mol. The van der Waals surface area contributed by atoms with Gasteiger partial charge in [-0.3, -0.25) is 0 Å². The monoisotopic (exact) mass is 408 g/mol. The van der Waals surface area contributed by atoms with Crippen molar-refractivity contribution in [1.29, 1.82) is 0 Å². The maximum Gasteiger partial charge on any atom is 0.261 e. The van der Waals surface area contributed by atoms with Crippen molar-refractivity contribution in [1.82, 2.24) is 0 Å². The summed E-state index contributed by atoms with van der Waals surface area (Å²) in [6.45, 7) is 8.86. The molecule has 4 unspecified atom stereocenters. The third kappa shape index (κ3) is 4.16. The Labute approximate surface area is 175 Å². The van der Waals surface area contributed by atoms with E-state index in [9.17, 15) is 9.90 Å². The smallest absolute Gasteiger partial charge is 0.261 e. The zero-order valence-corrected chi connectivity index (χ0v) is 18.8. The molecule has 4 atom stereocenters. The Morgan fingerprint density at radius 1 is 0.966 bits per heavy atom. The molecule has 0 fully saturated rings.